The quantitative estimate of drug-likeness (QED) is 0.274. The second-order valence-corrected chi connectivity index (χ2v) is 7.64. The van der Waals surface area contributed by atoms with Gasteiger partial charge in [0.2, 0.25) is 0 Å². The van der Waals surface area contributed by atoms with Gasteiger partial charge in [0.05, 0.1) is 26.2 Å². The summed E-state index contributed by atoms with van der Waals surface area (Å²) in [7, 11) is 1.50. The average molecular weight is 404 g/mol. The van der Waals surface area contributed by atoms with Crippen molar-refractivity contribution in [2.45, 2.75) is 59.8 Å². The van der Waals surface area contributed by atoms with Crippen molar-refractivity contribution in [3.8, 4) is 0 Å². The number of quaternary nitrogens is 1. The number of unbranched alkanes of at least 4 members (excludes halogenated alkanes) is 2. The molecule has 2 aromatic rings. The van der Waals surface area contributed by atoms with E-state index in [0.717, 1.165) is 12.8 Å². The minimum absolute atomic E-state index is 1.08. The molecule has 0 heterocycles. The molecule has 0 aliphatic carbocycles. The molecule has 0 bridgehead atoms. The fraction of sp³-hybridized carbons (Fsp3) is 0.560. The molecule has 0 aliphatic rings. The van der Waals surface area contributed by atoms with Gasteiger partial charge in [0.25, 0.3) is 0 Å². The third kappa shape index (κ3) is 10.3. The maximum atomic E-state index is 5.24. The first-order valence-electron chi connectivity index (χ1n) is 11.0. The SMILES string of the molecule is CCC(=S)CCCCC[N+](CC)(CC)CC.CN.c1ccc2ccccc2c1. The molecule has 28 heavy (non-hydrogen) atoms. The highest BCUT2D eigenvalue weighted by atomic mass is 32.1. The zero-order valence-electron chi connectivity index (χ0n) is 18.9. The van der Waals surface area contributed by atoms with E-state index in [0.29, 0.717) is 0 Å². The van der Waals surface area contributed by atoms with Gasteiger partial charge in [-0.15, -0.1) is 0 Å². The number of nitrogens with two attached hydrogens (primary N) is 1. The summed E-state index contributed by atoms with van der Waals surface area (Å²) in [5.74, 6) is 0. The fourth-order valence-corrected chi connectivity index (χ4v) is 3.55. The molecule has 0 saturated carbocycles. The predicted octanol–water partition coefficient (Wildman–Crippen LogP) is 6.62. The number of benzene rings is 2. The van der Waals surface area contributed by atoms with Gasteiger partial charge < -0.3 is 10.2 Å². The van der Waals surface area contributed by atoms with Gasteiger partial charge in [0, 0.05) is 0 Å². The molecule has 0 saturated heterocycles. The summed E-state index contributed by atoms with van der Waals surface area (Å²) in [6.45, 7) is 14.3. The van der Waals surface area contributed by atoms with Gasteiger partial charge in [-0.2, -0.15) is 0 Å². The smallest absolute Gasteiger partial charge is 0.0786 e. The minimum atomic E-state index is 1.08. The molecule has 2 nitrogen and oxygen atoms in total. The largest absolute Gasteiger partial charge is 0.333 e. The van der Waals surface area contributed by atoms with Crippen LogP contribution in [-0.4, -0.2) is 42.6 Å². The van der Waals surface area contributed by atoms with Crippen molar-refractivity contribution >= 4 is 27.9 Å². The van der Waals surface area contributed by atoms with Crippen LogP contribution in [0.5, 0.6) is 0 Å². The van der Waals surface area contributed by atoms with Gasteiger partial charge in [-0.1, -0.05) is 67.7 Å². The van der Waals surface area contributed by atoms with Gasteiger partial charge in [-0.3, -0.25) is 0 Å². The minimum Gasteiger partial charge on any atom is -0.333 e. The van der Waals surface area contributed by atoms with Crippen LogP contribution in [0.4, 0.5) is 0 Å². The van der Waals surface area contributed by atoms with Crippen LogP contribution in [0.3, 0.4) is 0 Å². The lowest BCUT2D eigenvalue weighted by Crippen LogP contribution is -2.48. The van der Waals surface area contributed by atoms with E-state index in [2.05, 4.69) is 82.0 Å². The van der Waals surface area contributed by atoms with Crippen LogP contribution in [0, 0.1) is 0 Å². The maximum Gasteiger partial charge on any atom is 0.0786 e. The molecule has 2 aromatic carbocycles. The second kappa shape index (κ2) is 16.6. The Morgan fingerprint density at radius 1 is 0.750 bits per heavy atom. The van der Waals surface area contributed by atoms with Crippen LogP contribution in [0.1, 0.15) is 59.8 Å². The lowest BCUT2D eigenvalue weighted by molar-refractivity contribution is -0.923. The van der Waals surface area contributed by atoms with Crippen LogP contribution in [0.15, 0.2) is 48.5 Å². The van der Waals surface area contributed by atoms with Gasteiger partial charge in [-0.05, 0) is 75.6 Å². The highest BCUT2D eigenvalue weighted by Gasteiger charge is 2.19. The Hall–Kier alpha value is -1.29. The number of nitrogens with zero attached hydrogens (tertiary/aromatic N) is 1. The molecule has 0 radical (unpaired) electrons. The maximum absolute atomic E-state index is 5.24. The third-order valence-corrected chi connectivity index (χ3v) is 6.15. The summed E-state index contributed by atoms with van der Waals surface area (Å²) in [5, 5.41) is 2.62. The van der Waals surface area contributed by atoms with Crippen molar-refractivity contribution in [2.24, 2.45) is 5.73 Å². The van der Waals surface area contributed by atoms with E-state index in [1.807, 2.05) is 0 Å². The first-order valence-corrected chi connectivity index (χ1v) is 11.4. The van der Waals surface area contributed by atoms with Crippen LogP contribution in [-0.2, 0) is 0 Å². The first kappa shape index (κ1) is 26.7. The Bertz CT molecular complexity index is 561. The summed E-state index contributed by atoms with van der Waals surface area (Å²) < 4.78 is 1.29. The van der Waals surface area contributed by atoms with E-state index < -0.39 is 0 Å². The summed E-state index contributed by atoms with van der Waals surface area (Å²) >= 11 is 5.24. The van der Waals surface area contributed by atoms with E-state index in [1.54, 1.807) is 0 Å². The number of fused-ring (bicyclic) bond motifs is 1. The Labute approximate surface area is 179 Å². The van der Waals surface area contributed by atoms with Crippen molar-refractivity contribution < 1.29 is 4.48 Å². The summed E-state index contributed by atoms with van der Waals surface area (Å²) in [4.78, 5) is 1.25. The first-order chi connectivity index (χ1) is 13.6. The van der Waals surface area contributed by atoms with Gasteiger partial charge >= 0.3 is 0 Å². The number of hydrogen-bond acceptors (Lipinski definition) is 2. The van der Waals surface area contributed by atoms with Gasteiger partial charge in [0.15, 0.2) is 0 Å². The molecule has 2 N–H and O–H groups in total. The Kier molecular flexibility index (Phi) is 15.9. The molecule has 158 valence electrons. The monoisotopic (exact) mass is 403 g/mol. The number of rotatable bonds is 10. The molecule has 0 aromatic heterocycles. The number of thiocarbonyl (C=S) groups is 1. The standard InChI is InChI=1S/C14H30NS.C10H8.CH5N/c1-5-14(16)12-10-9-11-13-15(6-2,7-3)8-4;1-2-6-10-8-4-3-7-9(10)5-1;1-2/h5-13H2,1-4H3;1-8H;2H2,1H3/q+1;;. The lowest BCUT2D eigenvalue weighted by atomic mass is 10.1. The van der Waals surface area contributed by atoms with Crippen LogP contribution < -0.4 is 5.73 Å². The molecule has 3 heteroatoms. The Morgan fingerprint density at radius 2 is 1.18 bits per heavy atom. The zero-order chi connectivity index (χ0) is 21.3. The van der Waals surface area contributed by atoms with Crippen molar-refractivity contribution in [3.05, 3.63) is 48.5 Å². The molecule has 0 fully saturated rings. The molecule has 0 amide bonds. The number of hydrogen-bond donors (Lipinski definition) is 1. The van der Waals surface area contributed by atoms with E-state index in [9.17, 15) is 0 Å². The predicted molar refractivity (Wildman–Crippen MR) is 132 cm³/mol. The van der Waals surface area contributed by atoms with Crippen molar-refractivity contribution in [3.63, 3.8) is 0 Å². The van der Waals surface area contributed by atoms with Crippen molar-refractivity contribution in [2.75, 3.05) is 33.2 Å². The highest BCUT2D eigenvalue weighted by Crippen LogP contribution is 2.12. The Balaban J connectivity index is 0.000000513. The molecule has 0 spiro atoms. The lowest BCUT2D eigenvalue weighted by Gasteiger charge is -2.35. The molecule has 0 aliphatic heterocycles. The molecule has 0 unspecified atom stereocenters. The molecule has 2 rings (SSSR count). The topological polar surface area (TPSA) is 26.0 Å². The third-order valence-electron chi connectivity index (χ3n) is 5.65. The van der Waals surface area contributed by atoms with Gasteiger partial charge in [-0.25, -0.2) is 0 Å². The van der Waals surface area contributed by atoms with E-state index in [-0.39, 0.29) is 0 Å². The van der Waals surface area contributed by atoms with E-state index >= 15 is 0 Å². The van der Waals surface area contributed by atoms with Crippen molar-refractivity contribution in [1.82, 2.24) is 0 Å². The van der Waals surface area contributed by atoms with Crippen molar-refractivity contribution in [1.29, 1.82) is 0 Å². The normalized spacial score (nSPS) is 10.5. The second-order valence-electron chi connectivity index (χ2n) is 7.06. The van der Waals surface area contributed by atoms with Crippen LogP contribution >= 0.6 is 12.2 Å². The van der Waals surface area contributed by atoms with Gasteiger partial charge in [0.1, 0.15) is 0 Å². The summed E-state index contributed by atoms with van der Waals surface area (Å²) in [6.07, 6.45) is 6.25. The molecule has 0 atom stereocenters. The fourth-order valence-electron chi connectivity index (χ4n) is 3.40. The summed E-state index contributed by atoms with van der Waals surface area (Å²) in [5.41, 5.74) is 4.50. The van der Waals surface area contributed by atoms with Crippen LogP contribution in [0.2, 0.25) is 0 Å². The highest BCUT2D eigenvalue weighted by molar-refractivity contribution is 7.80. The molecular formula is C25H43N2S+. The molecular weight excluding hydrogens is 360 g/mol. The van der Waals surface area contributed by atoms with Crippen LogP contribution in [0.25, 0.3) is 10.8 Å². The van der Waals surface area contributed by atoms with E-state index in [1.165, 1.54) is 72.6 Å². The zero-order valence-corrected chi connectivity index (χ0v) is 19.7. The van der Waals surface area contributed by atoms with E-state index in [4.69, 9.17) is 12.2 Å². The summed E-state index contributed by atoms with van der Waals surface area (Å²) in [6, 6.07) is 16.7. The Morgan fingerprint density at radius 3 is 1.54 bits per heavy atom. The average Bonchev–Trinajstić information content (AvgIpc) is 2.78.